The number of anilines is 1. The van der Waals surface area contributed by atoms with E-state index in [1.807, 2.05) is 12.1 Å². The molecule has 10 nitrogen and oxygen atoms in total. The molecule has 0 bridgehead atoms. The molecule has 0 saturated heterocycles. The van der Waals surface area contributed by atoms with E-state index in [0.717, 1.165) is 31.2 Å². The maximum Gasteiger partial charge on any atom is 0.333 e. The summed E-state index contributed by atoms with van der Waals surface area (Å²) >= 11 is 0. The monoisotopic (exact) mass is 529 g/mol. The van der Waals surface area contributed by atoms with E-state index >= 15 is 0 Å². The van der Waals surface area contributed by atoms with Crippen molar-refractivity contribution in [2.24, 2.45) is 5.92 Å². The summed E-state index contributed by atoms with van der Waals surface area (Å²) in [4.78, 5) is 36.6. The molecule has 2 aromatic carbocycles. The lowest BCUT2D eigenvalue weighted by Gasteiger charge is -2.28. The highest BCUT2D eigenvalue weighted by Crippen LogP contribution is 2.19. The number of urea groups is 1. The van der Waals surface area contributed by atoms with Crippen LogP contribution < -0.4 is 10.1 Å². The van der Waals surface area contributed by atoms with Gasteiger partial charge in [0.25, 0.3) is 5.69 Å². The van der Waals surface area contributed by atoms with Crippen LogP contribution in [-0.2, 0) is 16.0 Å². The van der Waals surface area contributed by atoms with Gasteiger partial charge < -0.3 is 24.8 Å². The van der Waals surface area contributed by atoms with E-state index < -0.39 is 17.0 Å². The molecule has 38 heavy (non-hydrogen) atoms. The minimum absolute atomic E-state index is 0.0402. The molecule has 0 aliphatic heterocycles. The molecule has 0 heterocycles. The van der Waals surface area contributed by atoms with Crippen LogP contribution >= 0.6 is 0 Å². The summed E-state index contributed by atoms with van der Waals surface area (Å²) in [6.45, 7) is 7.55. The summed E-state index contributed by atoms with van der Waals surface area (Å²) in [6, 6.07) is 12.6. The highest BCUT2D eigenvalue weighted by Gasteiger charge is 2.20. The normalized spacial score (nSPS) is 11.7. The minimum Gasteiger partial charge on any atom is -0.492 e. The first-order valence-corrected chi connectivity index (χ1v) is 13.1. The number of carboxylic acid groups (broad SMARTS) is 1. The molecule has 0 radical (unpaired) electrons. The maximum absolute atomic E-state index is 13.1. The van der Waals surface area contributed by atoms with Crippen molar-refractivity contribution in [3.05, 3.63) is 64.2 Å². The summed E-state index contributed by atoms with van der Waals surface area (Å²) in [5, 5.41) is 23.0. The molecule has 0 aromatic heterocycles. The molecule has 208 valence electrons. The number of non-ortho nitro benzene ring substituents is 1. The third-order valence-corrected chi connectivity index (χ3v) is 6.11. The number of nitrogens with zero attached hydrogens (tertiary/aromatic N) is 2. The summed E-state index contributed by atoms with van der Waals surface area (Å²) in [7, 11) is 0. The third-order valence-electron chi connectivity index (χ3n) is 6.11. The second-order valence-electron chi connectivity index (χ2n) is 9.10. The second kappa shape index (κ2) is 16.2. The van der Waals surface area contributed by atoms with Crippen molar-refractivity contribution in [3.8, 4) is 5.75 Å². The average molecular weight is 530 g/mol. The summed E-state index contributed by atoms with van der Waals surface area (Å²) in [5.41, 5.74) is 1.27. The smallest absolute Gasteiger partial charge is 0.333 e. The van der Waals surface area contributed by atoms with E-state index in [4.69, 9.17) is 9.47 Å². The number of rotatable bonds is 17. The number of hydrogen-bond donors (Lipinski definition) is 2. The number of nitro groups is 1. The third kappa shape index (κ3) is 10.4. The quantitative estimate of drug-likeness (QED) is 0.197. The Labute approximate surface area is 224 Å². The fourth-order valence-electron chi connectivity index (χ4n) is 4.23. The first kappa shape index (κ1) is 30.6. The molecule has 0 aliphatic carbocycles. The van der Waals surface area contributed by atoms with Crippen LogP contribution in [0.3, 0.4) is 0 Å². The Hall–Kier alpha value is -3.66. The van der Waals surface area contributed by atoms with Crippen LogP contribution in [0.2, 0.25) is 0 Å². The summed E-state index contributed by atoms with van der Waals surface area (Å²) in [6.07, 6.45) is 3.44. The molecule has 0 fully saturated rings. The molecule has 1 unspecified atom stereocenters. The Kier molecular flexibility index (Phi) is 13.1. The van der Waals surface area contributed by atoms with E-state index in [0.29, 0.717) is 37.1 Å². The molecular formula is C28H39N3O7. The lowest BCUT2D eigenvalue weighted by Crippen LogP contribution is -2.41. The van der Waals surface area contributed by atoms with Gasteiger partial charge in [0.05, 0.1) is 11.5 Å². The van der Waals surface area contributed by atoms with Crippen molar-refractivity contribution in [1.29, 1.82) is 0 Å². The van der Waals surface area contributed by atoms with E-state index in [1.165, 1.54) is 24.3 Å². The Morgan fingerprint density at radius 2 is 1.66 bits per heavy atom. The lowest BCUT2D eigenvalue weighted by molar-refractivity contribution is -0.384. The van der Waals surface area contributed by atoms with E-state index in [2.05, 4.69) is 19.2 Å². The topological polar surface area (TPSA) is 131 Å². The van der Waals surface area contributed by atoms with Gasteiger partial charge in [-0.3, -0.25) is 10.1 Å². The second-order valence-corrected chi connectivity index (χ2v) is 9.10. The first-order valence-electron chi connectivity index (χ1n) is 13.1. The zero-order chi connectivity index (χ0) is 27.9. The predicted molar refractivity (Wildman–Crippen MR) is 146 cm³/mol. The van der Waals surface area contributed by atoms with Gasteiger partial charge in [-0.05, 0) is 55.5 Å². The van der Waals surface area contributed by atoms with Crippen molar-refractivity contribution < 1.29 is 29.1 Å². The van der Waals surface area contributed by atoms with Crippen LogP contribution in [0.1, 0.15) is 52.0 Å². The van der Waals surface area contributed by atoms with Crippen LogP contribution in [0.15, 0.2) is 48.5 Å². The maximum atomic E-state index is 13.1. The predicted octanol–water partition coefficient (Wildman–Crippen LogP) is 5.76. The largest absolute Gasteiger partial charge is 0.492 e. The van der Waals surface area contributed by atoms with Crippen LogP contribution in [0.25, 0.3) is 0 Å². The van der Waals surface area contributed by atoms with Gasteiger partial charge in [0, 0.05) is 37.4 Å². The van der Waals surface area contributed by atoms with Gasteiger partial charge in [0.1, 0.15) is 12.4 Å². The van der Waals surface area contributed by atoms with Gasteiger partial charge >= 0.3 is 12.0 Å². The number of hydrogen-bond acceptors (Lipinski definition) is 6. The zero-order valence-corrected chi connectivity index (χ0v) is 22.4. The number of ether oxygens (including phenoxy) is 2. The minimum atomic E-state index is -0.997. The van der Waals surface area contributed by atoms with Crippen LogP contribution in [0.5, 0.6) is 5.75 Å². The Bertz CT molecular complexity index is 1010. The molecule has 2 N–H and O–H groups in total. The molecule has 2 aromatic rings. The fourth-order valence-corrected chi connectivity index (χ4v) is 4.23. The van der Waals surface area contributed by atoms with Crippen molar-refractivity contribution in [2.45, 2.75) is 59.0 Å². The van der Waals surface area contributed by atoms with Crippen LogP contribution in [0.4, 0.5) is 16.2 Å². The van der Waals surface area contributed by atoms with Gasteiger partial charge in [-0.2, -0.15) is 0 Å². The highest BCUT2D eigenvalue weighted by atomic mass is 16.6. The van der Waals surface area contributed by atoms with E-state index in [-0.39, 0.29) is 24.7 Å². The Balaban J connectivity index is 2.02. The van der Waals surface area contributed by atoms with Gasteiger partial charge in [-0.1, -0.05) is 38.8 Å². The van der Waals surface area contributed by atoms with Gasteiger partial charge in [0.2, 0.25) is 0 Å². The number of nitro benzene ring substituents is 1. The molecule has 10 heteroatoms. The standard InChI is InChI=1S/C28H39N3O7/c1-4-7-22(8-5-2)20-30(28(34)29-23-11-13-24(14-12-23)31(35)36)17-18-38-25-15-9-21(10-16-25)19-26(27(32)33)37-6-3/h9-16,22,26H,4-8,17-20H2,1-3H3,(H,29,34)(H,32,33). The number of carbonyl (C=O) groups excluding carboxylic acids is 1. The lowest BCUT2D eigenvalue weighted by atomic mass is 9.98. The molecule has 2 amide bonds. The van der Waals surface area contributed by atoms with E-state index in [1.54, 1.807) is 24.0 Å². The van der Waals surface area contributed by atoms with Crippen molar-refractivity contribution >= 4 is 23.4 Å². The molecule has 0 aliphatic rings. The van der Waals surface area contributed by atoms with Crippen LogP contribution in [-0.4, -0.2) is 59.3 Å². The van der Waals surface area contributed by atoms with Crippen molar-refractivity contribution in [3.63, 3.8) is 0 Å². The van der Waals surface area contributed by atoms with Gasteiger partial charge in [-0.15, -0.1) is 0 Å². The fraction of sp³-hybridized carbons (Fsp3) is 0.500. The number of aliphatic carboxylic acids is 1. The van der Waals surface area contributed by atoms with Gasteiger partial charge in [-0.25, -0.2) is 9.59 Å². The summed E-state index contributed by atoms with van der Waals surface area (Å²) in [5.74, 6) is -0.0189. The van der Waals surface area contributed by atoms with Crippen molar-refractivity contribution in [1.82, 2.24) is 4.90 Å². The molecule has 0 saturated carbocycles. The molecule has 2 rings (SSSR count). The number of carbonyl (C=O) groups is 2. The number of carboxylic acids is 1. The first-order chi connectivity index (χ1) is 18.3. The van der Waals surface area contributed by atoms with E-state index in [9.17, 15) is 24.8 Å². The number of benzene rings is 2. The molecule has 1 atom stereocenters. The molecular weight excluding hydrogens is 490 g/mol. The van der Waals surface area contributed by atoms with Crippen molar-refractivity contribution in [2.75, 3.05) is 31.6 Å². The SMILES string of the molecule is CCCC(CCC)CN(CCOc1ccc(CC(OCC)C(=O)O)cc1)C(=O)Nc1ccc([N+](=O)[O-])cc1. The van der Waals surface area contributed by atoms with Gasteiger partial charge in [0.15, 0.2) is 6.10 Å². The highest BCUT2D eigenvalue weighted by molar-refractivity contribution is 5.89. The Morgan fingerprint density at radius 3 is 2.18 bits per heavy atom. The number of amides is 2. The average Bonchev–Trinajstić information content (AvgIpc) is 2.89. The van der Waals surface area contributed by atoms with Crippen LogP contribution in [0, 0.1) is 16.0 Å². The zero-order valence-electron chi connectivity index (χ0n) is 22.4. The summed E-state index contributed by atoms with van der Waals surface area (Å²) < 4.78 is 11.2. The Morgan fingerprint density at radius 1 is 1.03 bits per heavy atom. The number of nitrogens with one attached hydrogen (secondary N) is 1. The molecule has 0 spiro atoms.